The van der Waals surface area contributed by atoms with Crippen LogP contribution in [0.25, 0.3) is 0 Å². The Bertz CT molecular complexity index is 1380. The van der Waals surface area contributed by atoms with E-state index in [4.69, 9.17) is 5.11 Å². The van der Waals surface area contributed by atoms with Gasteiger partial charge in [0.25, 0.3) is 0 Å². The van der Waals surface area contributed by atoms with Crippen molar-refractivity contribution in [3.05, 3.63) is 69.8 Å². The molecule has 0 spiro atoms. The number of phenolic OH excluding ortho intramolecular Hbond substituents is 6. The van der Waals surface area contributed by atoms with E-state index in [2.05, 4.69) is 0 Å². The lowest BCUT2D eigenvalue weighted by Gasteiger charge is -2.27. The summed E-state index contributed by atoms with van der Waals surface area (Å²) in [4.78, 5) is 9.37. The van der Waals surface area contributed by atoms with Gasteiger partial charge < -0.3 is 35.7 Å². The Labute approximate surface area is 320 Å². The van der Waals surface area contributed by atoms with Crippen LogP contribution in [0.15, 0.2) is 36.4 Å². The summed E-state index contributed by atoms with van der Waals surface area (Å²) >= 11 is 0. The number of carbonyl (C=O) groups is 1. The van der Waals surface area contributed by atoms with Gasteiger partial charge in [0.2, 0.25) is 0 Å². The average molecular weight is 741 g/mol. The lowest BCUT2D eigenvalue weighted by molar-refractivity contribution is -0.136. The first-order valence-corrected chi connectivity index (χ1v) is 18.3. The first-order chi connectivity index (χ1) is 23.4. The number of aliphatic carboxylic acids is 1. The van der Waals surface area contributed by atoms with Crippen molar-refractivity contribution in [3.63, 3.8) is 0 Å². The van der Waals surface area contributed by atoms with Crippen molar-refractivity contribution in [1.29, 1.82) is 0 Å². The van der Waals surface area contributed by atoms with Gasteiger partial charge in [0, 0.05) is 39.8 Å². The molecule has 0 saturated carbocycles. The molecule has 3 aromatic carbocycles. The van der Waals surface area contributed by atoms with E-state index < -0.39 is 5.97 Å². The highest BCUT2D eigenvalue weighted by Gasteiger charge is 2.29. The van der Waals surface area contributed by atoms with E-state index in [-0.39, 0.29) is 56.2 Å². The average Bonchev–Trinajstić information content (AvgIpc) is 2.93. The first kappa shape index (κ1) is 48.9. The van der Waals surface area contributed by atoms with E-state index in [0.29, 0.717) is 17.2 Å². The molecular formula is C45H72O8. The van der Waals surface area contributed by atoms with E-state index in [1.165, 1.54) is 0 Å². The van der Waals surface area contributed by atoms with Crippen molar-refractivity contribution < 1.29 is 40.5 Å². The third kappa shape index (κ3) is 15.1. The standard InChI is InChI=1S/3C14H22O2.C3H6O2/c3*1-13(2,3)10-7-9(15)8-11(12(10)16)14(4,5)6;1-2-3(4)5/h3*7-8,15-16H,1-6H3;2H2,1H3,(H,4,5). The highest BCUT2D eigenvalue weighted by atomic mass is 16.4. The fraction of sp³-hybridized carbons (Fsp3) is 0.578. The number of phenols is 6. The van der Waals surface area contributed by atoms with E-state index in [0.717, 1.165) is 33.4 Å². The molecule has 0 saturated heterocycles. The maximum absolute atomic E-state index is 10.3. The van der Waals surface area contributed by atoms with E-state index in [9.17, 15) is 35.4 Å². The summed E-state index contributed by atoms with van der Waals surface area (Å²) in [7, 11) is 0. The SMILES string of the molecule is CC(C)(C)c1cc(O)cc(C(C)(C)C)c1O.CC(C)(C)c1cc(O)cc(C(C)(C)C)c1O.CC(C)(C)c1cc(O)cc(C(C)(C)C)c1O.CCC(=O)O. The molecule has 0 heterocycles. The zero-order chi connectivity index (χ0) is 42.5. The van der Waals surface area contributed by atoms with Crippen LogP contribution in [0, 0.1) is 0 Å². The van der Waals surface area contributed by atoms with Gasteiger partial charge in [-0.1, -0.05) is 132 Å². The molecule has 0 aliphatic rings. The molecule has 8 nitrogen and oxygen atoms in total. The molecule has 0 amide bonds. The van der Waals surface area contributed by atoms with Crippen LogP contribution in [-0.2, 0) is 37.3 Å². The smallest absolute Gasteiger partial charge is 0.303 e. The number of aromatic hydroxyl groups is 6. The predicted molar refractivity (Wildman–Crippen MR) is 219 cm³/mol. The molecule has 0 unspecified atom stereocenters. The van der Waals surface area contributed by atoms with Crippen molar-refractivity contribution in [1.82, 2.24) is 0 Å². The van der Waals surface area contributed by atoms with Crippen molar-refractivity contribution in [2.45, 2.75) is 170 Å². The third-order valence-corrected chi connectivity index (χ3v) is 8.43. The maximum Gasteiger partial charge on any atom is 0.303 e. The number of benzene rings is 3. The van der Waals surface area contributed by atoms with E-state index >= 15 is 0 Å². The summed E-state index contributed by atoms with van der Waals surface area (Å²) in [5.41, 5.74) is 3.67. The van der Waals surface area contributed by atoms with Crippen molar-refractivity contribution in [2.75, 3.05) is 0 Å². The number of hydrogen-bond donors (Lipinski definition) is 7. The summed E-state index contributed by atoms with van der Waals surface area (Å²) in [6.45, 7) is 38.0. The van der Waals surface area contributed by atoms with Gasteiger partial charge in [-0.2, -0.15) is 0 Å². The quantitative estimate of drug-likeness (QED) is 0.121. The minimum absolute atomic E-state index is 0.178. The van der Waals surface area contributed by atoms with Gasteiger partial charge in [0.1, 0.15) is 34.5 Å². The van der Waals surface area contributed by atoms with Crippen LogP contribution in [0.5, 0.6) is 34.5 Å². The molecule has 0 atom stereocenters. The first-order valence-electron chi connectivity index (χ1n) is 18.3. The molecule has 0 bridgehead atoms. The van der Waals surface area contributed by atoms with Crippen LogP contribution < -0.4 is 0 Å². The zero-order valence-corrected chi connectivity index (χ0v) is 36.2. The second-order valence-electron chi connectivity index (χ2n) is 19.9. The van der Waals surface area contributed by atoms with Gasteiger partial charge in [-0.3, -0.25) is 4.79 Å². The van der Waals surface area contributed by atoms with Crippen molar-refractivity contribution >= 4 is 5.97 Å². The minimum Gasteiger partial charge on any atom is -0.508 e. The molecule has 300 valence electrons. The molecule has 0 radical (unpaired) electrons. The molecule has 53 heavy (non-hydrogen) atoms. The van der Waals surface area contributed by atoms with Crippen LogP contribution in [0.4, 0.5) is 0 Å². The van der Waals surface area contributed by atoms with Gasteiger partial charge in [0.15, 0.2) is 0 Å². The molecule has 3 rings (SSSR count). The summed E-state index contributed by atoms with van der Waals surface area (Å²) in [5, 5.41) is 67.7. The van der Waals surface area contributed by atoms with Crippen LogP contribution in [0.3, 0.4) is 0 Å². The summed E-state index contributed by atoms with van der Waals surface area (Å²) < 4.78 is 0. The topological polar surface area (TPSA) is 159 Å². The Morgan fingerprint density at radius 3 is 0.566 bits per heavy atom. The highest BCUT2D eigenvalue weighted by molar-refractivity contribution is 5.66. The highest BCUT2D eigenvalue weighted by Crippen LogP contribution is 2.43. The zero-order valence-electron chi connectivity index (χ0n) is 36.2. The lowest BCUT2D eigenvalue weighted by atomic mass is 9.79. The third-order valence-electron chi connectivity index (χ3n) is 8.43. The lowest BCUT2D eigenvalue weighted by Crippen LogP contribution is -2.16. The molecule has 3 aromatic rings. The molecule has 7 N–H and O–H groups in total. The summed E-state index contributed by atoms with van der Waals surface area (Å²) in [6.07, 6.45) is 0.222. The van der Waals surface area contributed by atoms with Crippen molar-refractivity contribution in [2.24, 2.45) is 0 Å². The molecule has 0 fully saturated rings. The van der Waals surface area contributed by atoms with Gasteiger partial charge in [-0.25, -0.2) is 0 Å². The number of hydrogen-bond acceptors (Lipinski definition) is 7. The second kappa shape index (κ2) is 17.4. The fourth-order valence-electron chi connectivity index (χ4n) is 5.29. The molecule has 0 aliphatic carbocycles. The fourth-order valence-corrected chi connectivity index (χ4v) is 5.29. The van der Waals surface area contributed by atoms with E-state index in [1.807, 2.05) is 125 Å². The monoisotopic (exact) mass is 741 g/mol. The number of carboxylic acids is 1. The van der Waals surface area contributed by atoms with Gasteiger partial charge >= 0.3 is 5.97 Å². The van der Waals surface area contributed by atoms with Gasteiger partial charge in [-0.05, 0) is 68.9 Å². The largest absolute Gasteiger partial charge is 0.508 e. The van der Waals surface area contributed by atoms with Crippen LogP contribution >= 0.6 is 0 Å². The minimum atomic E-state index is -0.745. The summed E-state index contributed by atoms with van der Waals surface area (Å²) in [6, 6.07) is 9.86. The molecular weight excluding hydrogens is 668 g/mol. The Morgan fingerprint density at radius 2 is 0.491 bits per heavy atom. The molecule has 0 aliphatic heterocycles. The Hall–Kier alpha value is -4.07. The number of carboxylic acid groups (broad SMARTS) is 1. The van der Waals surface area contributed by atoms with Crippen LogP contribution in [0.1, 0.15) is 171 Å². The van der Waals surface area contributed by atoms with Crippen LogP contribution in [-0.4, -0.2) is 41.7 Å². The summed E-state index contributed by atoms with van der Waals surface area (Å²) in [5.74, 6) is 0.811. The molecule has 8 heteroatoms. The van der Waals surface area contributed by atoms with E-state index in [1.54, 1.807) is 43.3 Å². The van der Waals surface area contributed by atoms with Crippen molar-refractivity contribution in [3.8, 4) is 34.5 Å². The number of rotatable bonds is 1. The predicted octanol–water partition coefficient (Wildman–Crippen LogP) is 11.6. The Balaban J connectivity index is 0.000000718. The van der Waals surface area contributed by atoms with Gasteiger partial charge in [-0.15, -0.1) is 0 Å². The normalized spacial score (nSPS) is 12.4. The maximum atomic E-state index is 10.3. The Kier molecular flexibility index (Phi) is 16.0. The Morgan fingerprint density at radius 1 is 0.377 bits per heavy atom. The van der Waals surface area contributed by atoms with Crippen LogP contribution in [0.2, 0.25) is 0 Å². The second-order valence-corrected chi connectivity index (χ2v) is 19.9. The molecule has 0 aromatic heterocycles. The van der Waals surface area contributed by atoms with Gasteiger partial charge in [0.05, 0.1) is 0 Å².